The van der Waals surface area contributed by atoms with Crippen LogP contribution in [0.4, 0.5) is 4.79 Å². The Bertz CT molecular complexity index is 361. The normalized spacial score (nSPS) is 21.7. The van der Waals surface area contributed by atoms with Crippen molar-refractivity contribution in [3.05, 3.63) is 0 Å². The van der Waals surface area contributed by atoms with Gasteiger partial charge in [-0.3, -0.25) is 4.90 Å². The standard InChI is InChI=1S/C15H28N2O3S/c1-6-7-8-20-14(18)12-10-21-13(9-11(2)3)17(12)15(19)16(4)5/h11-13H,6-10H2,1-5H3. The molecule has 6 heteroatoms. The molecule has 21 heavy (non-hydrogen) atoms. The number of thioether (sulfide) groups is 1. The number of hydrogen-bond donors (Lipinski definition) is 0. The second kappa shape index (κ2) is 8.51. The number of carbonyl (C=O) groups excluding carboxylic acids is 2. The van der Waals surface area contributed by atoms with Gasteiger partial charge in [-0.15, -0.1) is 11.8 Å². The minimum atomic E-state index is -0.453. The van der Waals surface area contributed by atoms with Gasteiger partial charge in [-0.25, -0.2) is 9.59 Å². The van der Waals surface area contributed by atoms with Gasteiger partial charge in [0.1, 0.15) is 6.04 Å². The molecule has 0 saturated carbocycles. The Balaban J connectivity index is 2.77. The van der Waals surface area contributed by atoms with E-state index >= 15 is 0 Å². The molecule has 5 nitrogen and oxygen atoms in total. The fourth-order valence-corrected chi connectivity index (χ4v) is 3.85. The Morgan fingerprint density at radius 1 is 1.38 bits per heavy atom. The molecule has 1 aliphatic heterocycles. The second-order valence-electron chi connectivity index (χ2n) is 6.04. The van der Waals surface area contributed by atoms with E-state index in [-0.39, 0.29) is 17.4 Å². The van der Waals surface area contributed by atoms with Crippen LogP contribution in [0, 0.1) is 5.92 Å². The number of hydrogen-bond acceptors (Lipinski definition) is 4. The minimum absolute atomic E-state index is 0.0589. The van der Waals surface area contributed by atoms with Gasteiger partial charge in [0, 0.05) is 19.8 Å². The van der Waals surface area contributed by atoms with Gasteiger partial charge in [0.15, 0.2) is 0 Å². The van der Waals surface area contributed by atoms with Gasteiger partial charge in [-0.1, -0.05) is 27.2 Å². The average Bonchev–Trinajstić information content (AvgIpc) is 2.80. The summed E-state index contributed by atoms with van der Waals surface area (Å²) in [6, 6.07) is -0.561. The van der Waals surface area contributed by atoms with Crippen LogP contribution in [0.1, 0.15) is 40.0 Å². The Morgan fingerprint density at radius 2 is 2.05 bits per heavy atom. The van der Waals surface area contributed by atoms with E-state index in [4.69, 9.17) is 4.74 Å². The summed E-state index contributed by atoms with van der Waals surface area (Å²) in [4.78, 5) is 27.9. The largest absolute Gasteiger partial charge is 0.464 e. The number of carbonyl (C=O) groups is 2. The van der Waals surface area contributed by atoms with Crippen molar-refractivity contribution in [1.82, 2.24) is 9.80 Å². The Kier molecular flexibility index (Phi) is 7.35. The monoisotopic (exact) mass is 316 g/mol. The van der Waals surface area contributed by atoms with Crippen molar-refractivity contribution in [1.29, 1.82) is 0 Å². The molecule has 0 bridgehead atoms. The van der Waals surface area contributed by atoms with Crippen LogP contribution in [0.2, 0.25) is 0 Å². The molecule has 122 valence electrons. The molecule has 2 amide bonds. The van der Waals surface area contributed by atoms with E-state index in [0.717, 1.165) is 19.3 Å². The maximum atomic E-state index is 12.4. The lowest BCUT2D eigenvalue weighted by Gasteiger charge is -2.31. The average molecular weight is 316 g/mol. The molecule has 0 N–H and O–H groups in total. The Hall–Kier alpha value is -0.910. The van der Waals surface area contributed by atoms with Crippen LogP contribution in [0.5, 0.6) is 0 Å². The van der Waals surface area contributed by atoms with E-state index in [1.807, 2.05) is 0 Å². The molecule has 0 aromatic rings. The smallest absolute Gasteiger partial charge is 0.329 e. The summed E-state index contributed by atoms with van der Waals surface area (Å²) in [6.07, 6.45) is 2.74. The summed E-state index contributed by atoms with van der Waals surface area (Å²) in [5.74, 6) is 0.842. The maximum absolute atomic E-state index is 12.4. The second-order valence-corrected chi connectivity index (χ2v) is 7.25. The lowest BCUT2D eigenvalue weighted by molar-refractivity contribution is -0.148. The number of esters is 1. The van der Waals surface area contributed by atoms with Crippen molar-refractivity contribution in [3.63, 3.8) is 0 Å². The van der Waals surface area contributed by atoms with Crippen LogP contribution < -0.4 is 0 Å². The first-order chi connectivity index (χ1) is 9.88. The Labute approximate surface area is 132 Å². The van der Waals surface area contributed by atoms with Crippen molar-refractivity contribution >= 4 is 23.8 Å². The number of unbranched alkanes of at least 4 members (excludes halogenated alkanes) is 1. The van der Waals surface area contributed by atoms with Crippen molar-refractivity contribution in [3.8, 4) is 0 Å². The zero-order valence-electron chi connectivity index (χ0n) is 13.8. The van der Waals surface area contributed by atoms with Crippen LogP contribution >= 0.6 is 11.8 Å². The summed E-state index contributed by atoms with van der Waals surface area (Å²) in [7, 11) is 3.44. The number of urea groups is 1. The van der Waals surface area contributed by atoms with Crippen molar-refractivity contribution in [2.24, 2.45) is 5.92 Å². The van der Waals surface area contributed by atoms with E-state index in [1.165, 1.54) is 4.90 Å². The van der Waals surface area contributed by atoms with Crippen LogP contribution in [0.3, 0.4) is 0 Å². The predicted octanol–water partition coefficient (Wildman–Crippen LogP) is 2.80. The molecule has 1 rings (SSSR count). The van der Waals surface area contributed by atoms with Gasteiger partial charge in [-0.2, -0.15) is 0 Å². The van der Waals surface area contributed by atoms with E-state index in [2.05, 4.69) is 20.8 Å². The van der Waals surface area contributed by atoms with Gasteiger partial charge < -0.3 is 9.64 Å². The highest BCUT2D eigenvalue weighted by Gasteiger charge is 2.43. The molecule has 1 heterocycles. The van der Waals surface area contributed by atoms with Crippen LogP contribution in [-0.4, -0.2) is 59.7 Å². The lowest BCUT2D eigenvalue weighted by Crippen LogP contribution is -2.50. The highest BCUT2D eigenvalue weighted by molar-refractivity contribution is 8.00. The van der Waals surface area contributed by atoms with E-state index in [0.29, 0.717) is 18.3 Å². The Morgan fingerprint density at radius 3 is 2.57 bits per heavy atom. The zero-order valence-corrected chi connectivity index (χ0v) is 14.6. The summed E-state index contributed by atoms with van der Waals surface area (Å²) in [6.45, 7) is 6.76. The third-order valence-corrected chi connectivity index (χ3v) is 4.70. The van der Waals surface area contributed by atoms with Gasteiger partial charge >= 0.3 is 12.0 Å². The first-order valence-corrected chi connectivity index (χ1v) is 8.71. The van der Waals surface area contributed by atoms with E-state index in [9.17, 15) is 9.59 Å². The number of amides is 2. The zero-order chi connectivity index (χ0) is 16.0. The topological polar surface area (TPSA) is 49.9 Å². The molecule has 0 radical (unpaired) electrons. The lowest BCUT2D eigenvalue weighted by atomic mass is 10.1. The fraction of sp³-hybridized carbons (Fsp3) is 0.867. The molecule has 0 aliphatic carbocycles. The van der Waals surface area contributed by atoms with Crippen molar-refractivity contribution < 1.29 is 14.3 Å². The summed E-state index contributed by atoms with van der Waals surface area (Å²) < 4.78 is 5.32. The number of rotatable bonds is 6. The summed E-state index contributed by atoms with van der Waals surface area (Å²) in [5, 5.41) is 0.0589. The molecule has 0 spiro atoms. The molecule has 2 unspecified atom stereocenters. The summed E-state index contributed by atoms with van der Waals surface area (Å²) in [5.41, 5.74) is 0. The third kappa shape index (κ3) is 5.09. The summed E-state index contributed by atoms with van der Waals surface area (Å²) >= 11 is 1.68. The number of nitrogens with zero attached hydrogens (tertiary/aromatic N) is 2. The van der Waals surface area contributed by atoms with Crippen LogP contribution in [0.25, 0.3) is 0 Å². The maximum Gasteiger partial charge on any atom is 0.329 e. The predicted molar refractivity (Wildman–Crippen MR) is 86.3 cm³/mol. The molecular formula is C15H28N2O3S. The quantitative estimate of drug-likeness (QED) is 0.558. The van der Waals surface area contributed by atoms with Crippen LogP contribution in [0.15, 0.2) is 0 Å². The van der Waals surface area contributed by atoms with Gasteiger partial charge in [0.2, 0.25) is 0 Å². The van der Waals surface area contributed by atoms with Gasteiger partial charge in [-0.05, 0) is 18.8 Å². The van der Waals surface area contributed by atoms with E-state index in [1.54, 1.807) is 30.8 Å². The first-order valence-electron chi connectivity index (χ1n) is 7.66. The van der Waals surface area contributed by atoms with Crippen molar-refractivity contribution in [2.75, 3.05) is 26.5 Å². The van der Waals surface area contributed by atoms with Gasteiger partial charge in [0.05, 0.1) is 12.0 Å². The SMILES string of the molecule is CCCCOC(=O)C1CSC(CC(C)C)N1C(=O)N(C)C. The third-order valence-electron chi connectivity index (χ3n) is 3.38. The molecule has 2 atom stereocenters. The molecule has 1 fully saturated rings. The first kappa shape index (κ1) is 18.1. The number of ether oxygens (including phenoxy) is 1. The highest BCUT2D eigenvalue weighted by atomic mass is 32.2. The molecule has 0 aromatic heterocycles. The molecular weight excluding hydrogens is 288 g/mol. The van der Waals surface area contributed by atoms with Crippen molar-refractivity contribution in [2.45, 2.75) is 51.4 Å². The highest BCUT2D eigenvalue weighted by Crippen LogP contribution is 2.34. The molecule has 0 aromatic carbocycles. The molecule has 1 saturated heterocycles. The molecule has 1 aliphatic rings. The minimum Gasteiger partial charge on any atom is -0.464 e. The van der Waals surface area contributed by atoms with Crippen LogP contribution in [-0.2, 0) is 9.53 Å². The fourth-order valence-electron chi connectivity index (χ4n) is 2.23. The van der Waals surface area contributed by atoms with Gasteiger partial charge in [0.25, 0.3) is 0 Å². The van der Waals surface area contributed by atoms with E-state index < -0.39 is 6.04 Å².